The van der Waals surface area contributed by atoms with Gasteiger partial charge in [-0.3, -0.25) is 0 Å². The van der Waals surface area contributed by atoms with Gasteiger partial charge in [-0.25, -0.2) is 8.42 Å². The standard InChI is InChI=1S/C20H24N2O3S/c1-26(23,24)17-10-7-14(8-11-17)15-9-12-19-18(13-15)22-20(25-19)21-16-5-3-2-4-6-16/h7-10,12-13,16-17H,2-6,11H2,1H3,(H,21,22). The zero-order chi connectivity index (χ0) is 18.1. The van der Waals surface area contributed by atoms with E-state index in [0.717, 1.165) is 22.2 Å². The summed E-state index contributed by atoms with van der Waals surface area (Å²) in [5, 5.41) is 3.00. The minimum atomic E-state index is -3.04. The number of rotatable bonds is 4. The predicted octanol–water partition coefficient (Wildman–Crippen LogP) is 4.33. The fraction of sp³-hybridized carbons (Fsp3) is 0.450. The summed E-state index contributed by atoms with van der Waals surface area (Å²) in [4.78, 5) is 4.59. The first-order valence-corrected chi connectivity index (χ1v) is 11.2. The first-order chi connectivity index (χ1) is 12.5. The minimum absolute atomic E-state index is 0.423. The molecule has 2 aliphatic carbocycles. The highest BCUT2D eigenvalue weighted by Crippen LogP contribution is 2.29. The van der Waals surface area contributed by atoms with Crippen LogP contribution in [0.2, 0.25) is 0 Å². The van der Waals surface area contributed by atoms with E-state index in [2.05, 4.69) is 10.3 Å². The van der Waals surface area contributed by atoms with Crippen molar-refractivity contribution in [2.45, 2.75) is 49.8 Å². The van der Waals surface area contributed by atoms with E-state index in [9.17, 15) is 8.42 Å². The molecule has 1 aromatic carbocycles. The molecule has 1 saturated carbocycles. The van der Waals surface area contributed by atoms with Crippen molar-refractivity contribution in [2.24, 2.45) is 0 Å². The summed E-state index contributed by atoms with van der Waals surface area (Å²) in [7, 11) is -3.04. The SMILES string of the molecule is CS(=O)(=O)C1C=CC(c2ccc3oc(NC4CCCCC4)nc3c2)=CC1. The molecule has 1 N–H and O–H groups in total. The van der Waals surface area contributed by atoms with E-state index in [-0.39, 0.29) is 0 Å². The molecule has 0 radical (unpaired) electrons. The molecule has 138 valence electrons. The maximum absolute atomic E-state index is 11.7. The number of nitrogens with one attached hydrogen (secondary N) is 1. The van der Waals surface area contributed by atoms with Crippen LogP contribution in [-0.4, -0.2) is 30.9 Å². The third kappa shape index (κ3) is 3.70. The van der Waals surface area contributed by atoms with E-state index >= 15 is 0 Å². The number of fused-ring (bicyclic) bond motifs is 1. The summed E-state index contributed by atoms with van der Waals surface area (Å²) in [6, 6.07) is 6.97. The molecular weight excluding hydrogens is 348 g/mol. The quantitative estimate of drug-likeness (QED) is 0.865. The molecule has 1 unspecified atom stereocenters. The first-order valence-electron chi connectivity index (χ1n) is 9.24. The van der Waals surface area contributed by atoms with Gasteiger partial charge in [-0.15, -0.1) is 0 Å². The van der Waals surface area contributed by atoms with Crippen LogP contribution < -0.4 is 5.32 Å². The lowest BCUT2D eigenvalue weighted by molar-refractivity contribution is 0.451. The molecule has 0 bridgehead atoms. The third-order valence-corrected chi connectivity index (χ3v) is 6.71. The Morgan fingerprint density at radius 2 is 2.00 bits per heavy atom. The Labute approximate surface area is 154 Å². The lowest BCUT2D eigenvalue weighted by Gasteiger charge is -2.21. The molecule has 0 saturated heterocycles. The van der Waals surface area contributed by atoms with E-state index < -0.39 is 15.1 Å². The Morgan fingerprint density at radius 1 is 1.19 bits per heavy atom. The fourth-order valence-electron chi connectivity index (χ4n) is 3.72. The van der Waals surface area contributed by atoms with Gasteiger partial charge in [0.05, 0.1) is 5.25 Å². The van der Waals surface area contributed by atoms with Crippen LogP contribution >= 0.6 is 0 Å². The van der Waals surface area contributed by atoms with Gasteiger partial charge in [0, 0.05) is 12.3 Å². The number of anilines is 1. The smallest absolute Gasteiger partial charge is 0.295 e. The number of hydrogen-bond donors (Lipinski definition) is 1. The maximum atomic E-state index is 11.7. The molecule has 0 aliphatic heterocycles. The highest BCUT2D eigenvalue weighted by molar-refractivity contribution is 7.91. The second-order valence-corrected chi connectivity index (χ2v) is 9.57. The fourth-order valence-corrected chi connectivity index (χ4v) is 4.53. The van der Waals surface area contributed by atoms with Gasteiger partial charge in [-0.05, 0) is 42.5 Å². The lowest BCUT2D eigenvalue weighted by atomic mass is 9.96. The molecule has 0 spiro atoms. The van der Waals surface area contributed by atoms with Crippen molar-refractivity contribution >= 4 is 32.5 Å². The van der Waals surface area contributed by atoms with Crippen molar-refractivity contribution < 1.29 is 12.8 Å². The molecule has 1 atom stereocenters. The van der Waals surface area contributed by atoms with Crippen molar-refractivity contribution in [1.82, 2.24) is 4.98 Å². The average Bonchev–Trinajstić information content (AvgIpc) is 3.03. The molecule has 1 heterocycles. The predicted molar refractivity (Wildman–Crippen MR) is 105 cm³/mol. The third-order valence-electron chi connectivity index (χ3n) is 5.26. The second-order valence-electron chi connectivity index (χ2n) is 7.30. The second kappa shape index (κ2) is 6.91. The van der Waals surface area contributed by atoms with Gasteiger partial charge in [0.1, 0.15) is 5.52 Å². The zero-order valence-corrected chi connectivity index (χ0v) is 15.8. The number of benzene rings is 1. The van der Waals surface area contributed by atoms with Crippen LogP contribution in [0.4, 0.5) is 6.01 Å². The van der Waals surface area contributed by atoms with Gasteiger partial charge in [0.2, 0.25) is 0 Å². The number of aromatic nitrogens is 1. The van der Waals surface area contributed by atoms with Crippen LogP contribution in [0.1, 0.15) is 44.1 Å². The largest absolute Gasteiger partial charge is 0.424 e. The van der Waals surface area contributed by atoms with E-state index in [1.807, 2.05) is 30.4 Å². The number of allylic oxidation sites excluding steroid dienone is 3. The zero-order valence-electron chi connectivity index (χ0n) is 14.9. The molecule has 1 fully saturated rings. The molecule has 1 aromatic heterocycles. The lowest BCUT2D eigenvalue weighted by Crippen LogP contribution is -2.22. The molecule has 2 aromatic rings. The summed E-state index contributed by atoms with van der Waals surface area (Å²) in [6.07, 6.45) is 13.6. The molecule has 0 amide bonds. The van der Waals surface area contributed by atoms with E-state index in [4.69, 9.17) is 4.42 Å². The van der Waals surface area contributed by atoms with Crippen molar-refractivity contribution in [3.8, 4) is 0 Å². The molecule has 2 aliphatic rings. The van der Waals surface area contributed by atoms with Crippen molar-refractivity contribution in [3.05, 3.63) is 42.0 Å². The highest BCUT2D eigenvalue weighted by Gasteiger charge is 2.20. The van der Waals surface area contributed by atoms with E-state index in [0.29, 0.717) is 18.5 Å². The van der Waals surface area contributed by atoms with Crippen LogP contribution in [0.3, 0.4) is 0 Å². The summed E-state index contributed by atoms with van der Waals surface area (Å²) in [5.41, 5.74) is 3.64. The number of nitrogens with zero attached hydrogens (tertiary/aromatic N) is 1. The van der Waals surface area contributed by atoms with Gasteiger partial charge >= 0.3 is 0 Å². The first kappa shape index (κ1) is 17.3. The summed E-state index contributed by atoms with van der Waals surface area (Å²) >= 11 is 0. The van der Waals surface area contributed by atoms with Gasteiger partial charge in [0.15, 0.2) is 15.4 Å². The van der Waals surface area contributed by atoms with Crippen LogP contribution in [0, 0.1) is 0 Å². The molecular formula is C20H24N2O3S. The average molecular weight is 372 g/mol. The van der Waals surface area contributed by atoms with Crippen LogP contribution in [-0.2, 0) is 9.84 Å². The van der Waals surface area contributed by atoms with Crippen molar-refractivity contribution in [2.75, 3.05) is 11.6 Å². The summed E-state index contributed by atoms with van der Waals surface area (Å²) < 4.78 is 29.2. The minimum Gasteiger partial charge on any atom is -0.424 e. The molecule has 4 rings (SSSR count). The monoisotopic (exact) mass is 372 g/mol. The Balaban J connectivity index is 1.53. The van der Waals surface area contributed by atoms with Crippen LogP contribution in [0.15, 0.2) is 40.8 Å². The Morgan fingerprint density at radius 3 is 2.69 bits per heavy atom. The molecule has 26 heavy (non-hydrogen) atoms. The normalized spacial score (nSPS) is 21.7. The topological polar surface area (TPSA) is 72.2 Å². The maximum Gasteiger partial charge on any atom is 0.295 e. The van der Waals surface area contributed by atoms with Crippen molar-refractivity contribution in [3.63, 3.8) is 0 Å². The van der Waals surface area contributed by atoms with E-state index in [1.54, 1.807) is 6.08 Å². The number of oxazole rings is 1. The van der Waals surface area contributed by atoms with Gasteiger partial charge in [-0.2, -0.15) is 4.98 Å². The van der Waals surface area contributed by atoms with Gasteiger partial charge in [-0.1, -0.05) is 43.6 Å². The number of sulfone groups is 1. The van der Waals surface area contributed by atoms with Gasteiger partial charge < -0.3 is 9.73 Å². The van der Waals surface area contributed by atoms with Crippen molar-refractivity contribution in [1.29, 1.82) is 0 Å². The van der Waals surface area contributed by atoms with Crippen LogP contribution in [0.5, 0.6) is 0 Å². The van der Waals surface area contributed by atoms with E-state index in [1.165, 1.54) is 38.4 Å². The molecule has 6 heteroatoms. The highest BCUT2D eigenvalue weighted by atomic mass is 32.2. The Kier molecular flexibility index (Phi) is 4.61. The number of hydrogen-bond acceptors (Lipinski definition) is 5. The summed E-state index contributed by atoms with van der Waals surface area (Å²) in [6.45, 7) is 0. The molecule has 5 nitrogen and oxygen atoms in total. The van der Waals surface area contributed by atoms with Crippen LogP contribution in [0.25, 0.3) is 16.7 Å². The Bertz CT molecular complexity index is 966. The summed E-state index contributed by atoms with van der Waals surface area (Å²) in [5.74, 6) is 0. The van der Waals surface area contributed by atoms with Gasteiger partial charge in [0.25, 0.3) is 6.01 Å². The Hall–Kier alpha value is -2.08.